The Labute approximate surface area is 234 Å². The van der Waals surface area contributed by atoms with Gasteiger partial charge in [-0.1, -0.05) is 39.8 Å². The van der Waals surface area contributed by atoms with Gasteiger partial charge in [-0.2, -0.15) is 0 Å². The molecule has 0 spiro atoms. The molecular formula is C31H48FN5O2. The first kappa shape index (κ1) is 31.1. The molecule has 1 N–H and O–H groups in total. The molecule has 216 valence electrons. The summed E-state index contributed by atoms with van der Waals surface area (Å²) in [5.74, 6) is -0.103. The Bertz CT molecular complexity index is 1050. The zero-order valence-corrected chi connectivity index (χ0v) is 25.0. The minimum Gasteiger partial charge on any atom is -0.379 e. The molecule has 2 fully saturated rings. The normalized spacial score (nSPS) is 22.7. The number of hydrogen-bond donors (Lipinski definition) is 1. The number of hydrogen-bond acceptors (Lipinski definition) is 6. The molecule has 1 aromatic heterocycles. The van der Waals surface area contributed by atoms with Crippen LogP contribution in [-0.4, -0.2) is 92.3 Å². The Balaban J connectivity index is 0.000000357. The zero-order chi connectivity index (χ0) is 28.6. The van der Waals surface area contributed by atoms with Gasteiger partial charge >= 0.3 is 0 Å². The number of carbonyl (C=O) groups is 1. The highest BCUT2D eigenvalue weighted by Crippen LogP contribution is 2.39. The lowest BCUT2D eigenvalue weighted by Crippen LogP contribution is -2.52. The summed E-state index contributed by atoms with van der Waals surface area (Å²) in [7, 11) is 2.13. The first-order chi connectivity index (χ1) is 18.6. The second kappa shape index (κ2) is 14.3. The van der Waals surface area contributed by atoms with Crippen LogP contribution in [-0.2, 0) is 21.4 Å². The van der Waals surface area contributed by atoms with Crippen LogP contribution in [0.4, 0.5) is 10.1 Å². The first-order valence-corrected chi connectivity index (χ1v) is 14.4. The molecule has 3 aliphatic rings. The van der Waals surface area contributed by atoms with Crippen molar-refractivity contribution in [2.75, 3.05) is 64.4 Å². The van der Waals surface area contributed by atoms with Gasteiger partial charge < -0.3 is 15.0 Å². The number of rotatable bonds is 4. The van der Waals surface area contributed by atoms with Gasteiger partial charge in [0.2, 0.25) is 5.91 Å². The van der Waals surface area contributed by atoms with E-state index in [1.807, 2.05) is 24.9 Å². The van der Waals surface area contributed by atoms with Crippen LogP contribution >= 0.6 is 0 Å². The van der Waals surface area contributed by atoms with E-state index in [4.69, 9.17) is 9.72 Å². The number of anilines is 1. The van der Waals surface area contributed by atoms with Crippen molar-refractivity contribution in [3.63, 3.8) is 0 Å². The molecule has 0 bridgehead atoms. The molecule has 1 aromatic carbocycles. The number of aromatic nitrogens is 1. The minimum atomic E-state index is -0.235. The molecule has 0 aliphatic carbocycles. The van der Waals surface area contributed by atoms with Crippen LogP contribution in [0.1, 0.15) is 58.4 Å². The summed E-state index contributed by atoms with van der Waals surface area (Å²) in [6, 6.07) is 9.64. The summed E-state index contributed by atoms with van der Waals surface area (Å²) in [5.41, 5.74) is 3.78. The number of ether oxygens (including phenoxy) is 1. The van der Waals surface area contributed by atoms with E-state index in [1.165, 1.54) is 12.1 Å². The Morgan fingerprint density at radius 2 is 1.87 bits per heavy atom. The number of morpholine rings is 1. The predicted molar refractivity (Wildman–Crippen MR) is 157 cm³/mol. The third-order valence-electron chi connectivity index (χ3n) is 7.54. The van der Waals surface area contributed by atoms with Gasteiger partial charge in [0.1, 0.15) is 5.82 Å². The highest BCUT2D eigenvalue weighted by atomic mass is 19.1. The lowest BCUT2D eigenvalue weighted by atomic mass is 9.91. The molecule has 2 atom stereocenters. The van der Waals surface area contributed by atoms with Crippen molar-refractivity contribution in [1.29, 1.82) is 0 Å². The number of amides is 1. The smallest absolute Gasteiger partial charge is 0.241 e. The maximum Gasteiger partial charge on any atom is 0.241 e. The van der Waals surface area contributed by atoms with Gasteiger partial charge in [0.15, 0.2) is 0 Å². The maximum absolute atomic E-state index is 13.2. The molecule has 4 heterocycles. The number of likely N-dealkylation sites (N-methyl/N-ethyl adjacent to an activating group) is 1. The van der Waals surface area contributed by atoms with Crippen molar-refractivity contribution in [3.05, 3.63) is 59.2 Å². The minimum absolute atomic E-state index is 0.131. The van der Waals surface area contributed by atoms with Crippen LogP contribution in [0.25, 0.3) is 0 Å². The van der Waals surface area contributed by atoms with Gasteiger partial charge in [-0.05, 0) is 56.6 Å². The number of pyridine rings is 1. The third kappa shape index (κ3) is 8.55. The Morgan fingerprint density at radius 3 is 2.49 bits per heavy atom. The van der Waals surface area contributed by atoms with Crippen molar-refractivity contribution in [2.24, 2.45) is 0 Å². The molecule has 5 rings (SSSR count). The quantitative estimate of drug-likeness (QED) is 0.629. The second-order valence-electron chi connectivity index (χ2n) is 11.4. The molecule has 2 saturated heterocycles. The monoisotopic (exact) mass is 541 g/mol. The highest BCUT2D eigenvalue weighted by Gasteiger charge is 2.40. The average molecular weight is 542 g/mol. The van der Waals surface area contributed by atoms with Crippen LogP contribution < -0.4 is 10.2 Å². The van der Waals surface area contributed by atoms with Gasteiger partial charge in [-0.25, -0.2) is 4.39 Å². The molecule has 0 radical (unpaired) electrons. The fraction of sp³-hybridized carbons (Fsp3) is 0.613. The molecule has 0 unspecified atom stereocenters. The SMILES string of the molecule is CC.C[C@@H]1CN(CC(=O)N2CC(C)(C)c3ncc(Cc4ccc(F)cc4)cc32)CCN1.C[C@@H]1COCCN1C. The summed E-state index contributed by atoms with van der Waals surface area (Å²) in [4.78, 5) is 24.3. The van der Waals surface area contributed by atoms with E-state index >= 15 is 0 Å². The van der Waals surface area contributed by atoms with Gasteiger partial charge in [0.05, 0.1) is 31.1 Å². The number of piperazine rings is 1. The van der Waals surface area contributed by atoms with Crippen LogP contribution in [0.5, 0.6) is 0 Å². The summed E-state index contributed by atoms with van der Waals surface area (Å²) in [6.07, 6.45) is 2.55. The molecule has 0 saturated carbocycles. The average Bonchev–Trinajstić information content (AvgIpc) is 3.19. The van der Waals surface area contributed by atoms with Gasteiger partial charge in [-0.15, -0.1) is 0 Å². The van der Waals surface area contributed by atoms with Gasteiger partial charge in [-0.3, -0.25) is 19.6 Å². The van der Waals surface area contributed by atoms with Crippen LogP contribution in [0.2, 0.25) is 0 Å². The molecule has 7 nitrogen and oxygen atoms in total. The van der Waals surface area contributed by atoms with E-state index in [-0.39, 0.29) is 17.1 Å². The van der Waals surface area contributed by atoms with Gasteiger partial charge in [0.25, 0.3) is 0 Å². The van der Waals surface area contributed by atoms with E-state index in [0.717, 1.165) is 61.9 Å². The van der Waals surface area contributed by atoms with E-state index in [2.05, 4.69) is 55.9 Å². The molecule has 2 aromatic rings. The highest BCUT2D eigenvalue weighted by molar-refractivity contribution is 5.97. The van der Waals surface area contributed by atoms with E-state index in [9.17, 15) is 9.18 Å². The number of halogens is 1. The predicted octanol–water partition coefficient (Wildman–Crippen LogP) is 4.09. The lowest BCUT2D eigenvalue weighted by Gasteiger charge is -2.32. The molecular weight excluding hydrogens is 493 g/mol. The summed E-state index contributed by atoms with van der Waals surface area (Å²) in [6.45, 7) is 19.3. The number of carbonyl (C=O) groups excluding carboxylic acids is 1. The standard InChI is InChI=1S/C23H29FN4O.C6H13NO.C2H6/c1-16-13-27(9-8-25-16)14-21(29)28-15-23(2,3)22-20(28)11-18(12-26-22)10-17-4-6-19(24)7-5-17;1-6-5-8-4-3-7(6)2;1-2/h4-7,11-12,16,25H,8-10,13-15H2,1-3H3;6H,3-5H2,1-2H3;1-2H3/t16-;6-;/m11./s1. The summed E-state index contributed by atoms with van der Waals surface area (Å²) >= 11 is 0. The second-order valence-corrected chi connectivity index (χ2v) is 11.4. The fourth-order valence-corrected chi connectivity index (χ4v) is 5.18. The Hall–Kier alpha value is -2.39. The Kier molecular flexibility index (Phi) is 11.4. The van der Waals surface area contributed by atoms with Crippen LogP contribution in [0, 0.1) is 5.82 Å². The van der Waals surface area contributed by atoms with Crippen LogP contribution in [0.3, 0.4) is 0 Å². The third-order valence-corrected chi connectivity index (χ3v) is 7.54. The first-order valence-electron chi connectivity index (χ1n) is 14.4. The van der Waals surface area contributed by atoms with Crippen molar-refractivity contribution < 1.29 is 13.9 Å². The number of benzene rings is 1. The Morgan fingerprint density at radius 1 is 1.15 bits per heavy atom. The molecule has 1 amide bonds. The molecule has 39 heavy (non-hydrogen) atoms. The van der Waals surface area contributed by atoms with E-state index in [0.29, 0.717) is 31.6 Å². The van der Waals surface area contributed by atoms with Crippen molar-refractivity contribution in [1.82, 2.24) is 20.1 Å². The number of fused-ring (bicyclic) bond motifs is 1. The van der Waals surface area contributed by atoms with Crippen LogP contribution in [0.15, 0.2) is 36.5 Å². The van der Waals surface area contributed by atoms with E-state index < -0.39 is 0 Å². The topological polar surface area (TPSA) is 60.9 Å². The lowest BCUT2D eigenvalue weighted by molar-refractivity contribution is -0.120. The molecule has 3 aliphatic heterocycles. The largest absolute Gasteiger partial charge is 0.379 e. The fourth-order valence-electron chi connectivity index (χ4n) is 5.18. The van der Waals surface area contributed by atoms with E-state index in [1.54, 1.807) is 12.1 Å². The summed E-state index contributed by atoms with van der Waals surface area (Å²) in [5, 5.41) is 3.42. The van der Waals surface area contributed by atoms with Crippen molar-refractivity contribution in [3.8, 4) is 0 Å². The van der Waals surface area contributed by atoms with Crippen molar-refractivity contribution >= 4 is 11.6 Å². The van der Waals surface area contributed by atoms with Crippen molar-refractivity contribution in [2.45, 2.75) is 65.5 Å². The molecule has 8 heteroatoms. The number of nitrogens with zero attached hydrogens (tertiary/aromatic N) is 4. The zero-order valence-electron chi connectivity index (χ0n) is 25.0. The van der Waals surface area contributed by atoms with Gasteiger partial charge in [0, 0.05) is 56.4 Å². The maximum atomic E-state index is 13.2. The number of nitrogens with one attached hydrogen (secondary N) is 1. The summed E-state index contributed by atoms with van der Waals surface area (Å²) < 4.78 is 18.4.